The molecule has 0 aromatic heterocycles. The smallest absolute Gasteiger partial charge is 0.267 e. The number of carbonyl (C=O) groups is 1. The number of rotatable bonds is 5. The summed E-state index contributed by atoms with van der Waals surface area (Å²) in [6, 6.07) is 23.5. The molecule has 0 saturated heterocycles. The van der Waals surface area contributed by atoms with Crippen molar-refractivity contribution in [3.8, 4) is 11.1 Å². The summed E-state index contributed by atoms with van der Waals surface area (Å²) in [5, 5.41) is 15.1. The highest BCUT2D eigenvalue weighted by Crippen LogP contribution is 2.20. The van der Waals surface area contributed by atoms with Gasteiger partial charge in [-0.2, -0.15) is 5.10 Å². The lowest BCUT2D eigenvalue weighted by Gasteiger charge is -2.06. The predicted octanol–water partition coefficient (Wildman–Crippen LogP) is 4.42. The zero-order chi connectivity index (χ0) is 19.2. The first-order chi connectivity index (χ1) is 13.1. The van der Waals surface area contributed by atoms with Crippen LogP contribution >= 0.6 is 0 Å². The number of para-hydroxylation sites is 1. The van der Waals surface area contributed by atoms with E-state index >= 15 is 0 Å². The molecule has 0 bridgehead atoms. The minimum absolute atomic E-state index is 0.0292. The van der Waals surface area contributed by atoms with Gasteiger partial charge in [0.15, 0.2) is 0 Å². The lowest BCUT2D eigenvalue weighted by Crippen LogP contribution is -2.20. The first kappa shape index (κ1) is 18.0. The Morgan fingerprint density at radius 1 is 0.889 bits per heavy atom. The molecule has 0 radical (unpaired) electrons. The summed E-state index contributed by atoms with van der Waals surface area (Å²) in [5.74, 6) is -0.623. The SMILES string of the molecule is C/C(=N\NC(=O)c1ccccc1[N+](=O)[O-])c1ccc(-c2ccccc2)cc1. The van der Waals surface area contributed by atoms with Gasteiger partial charge >= 0.3 is 0 Å². The average molecular weight is 359 g/mol. The van der Waals surface area contributed by atoms with Gasteiger partial charge in [-0.3, -0.25) is 14.9 Å². The summed E-state index contributed by atoms with van der Waals surface area (Å²) >= 11 is 0. The molecule has 6 nitrogen and oxygen atoms in total. The van der Waals surface area contributed by atoms with Gasteiger partial charge in [-0.05, 0) is 29.7 Å². The molecular weight excluding hydrogens is 342 g/mol. The van der Waals surface area contributed by atoms with Crippen LogP contribution in [0, 0.1) is 10.1 Å². The van der Waals surface area contributed by atoms with Crippen molar-refractivity contribution in [2.75, 3.05) is 0 Å². The van der Waals surface area contributed by atoms with Crippen LogP contribution in [-0.2, 0) is 0 Å². The fourth-order valence-corrected chi connectivity index (χ4v) is 2.62. The molecule has 0 atom stereocenters. The van der Waals surface area contributed by atoms with Crippen molar-refractivity contribution in [2.24, 2.45) is 5.10 Å². The van der Waals surface area contributed by atoms with Crippen LogP contribution in [0.3, 0.4) is 0 Å². The first-order valence-corrected chi connectivity index (χ1v) is 8.30. The average Bonchev–Trinajstić information content (AvgIpc) is 2.72. The highest BCUT2D eigenvalue weighted by Gasteiger charge is 2.18. The number of nitro groups is 1. The number of nitro benzene ring substituents is 1. The standard InChI is InChI=1S/C21H17N3O3/c1-15(16-11-13-18(14-12-16)17-7-3-2-4-8-17)22-23-21(25)19-9-5-6-10-20(19)24(26)27/h2-14H,1H3,(H,23,25)/b22-15+. The van der Waals surface area contributed by atoms with Gasteiger partial charge in [0.05, 0.1) is 10.6 Å². The van der Waals surface area contributed by atoms with E-state index in [9.17, 15) is 14.9 Å². The van der Waals surface area contributed by atoms with E-state index in [0.29, 0.717) is 5.71 Å². The first-order valence-electron chi connectivity index (χ1n) is 8.30. The van der Waals surface area contributed by atoms with Crippen molar-refractivity contribution in [3.05, 3.63) is 100 Å². The minimum atomic E-state index is -0.623. The van der Waals surface area contributed by atoms with E-state index in [1.807, 2.05) is 54.6 Å². The molecule has 1 amide bonds. The number of nitrogens with one attached hydrogen (secondary N) is 1. The van der Waals surface area contributed by atoms with E-state index in [4.69, 9.17) is 0 Å². The van der Waals surface area contributed by atoms with Crippen LogP contribution in [0.25, 0.3) is 11.1 Å². The van der Waals surface area contributed by atoms with Crippen molar-refractivity contribution in [1.29, 1.82) is 0 Å². The zero-order valence-electron chi connectivity index (χ0n) is 14.6. The summed E-state index contributed by atoms with van der Waals surface area (Å²) in [4.78, 5) is 22.7. The second-order valence-corrected chi connectivity index (χ2v) is 5.86. The van der Waals surface area contributed by atoms with E-state index < -0.39 is 10.8 Å². The van der Waals surface area contributed by atoms with Crippen molar-refractivity contribution >= 4 is 17.3 Å². The van der Waals surface area contributed by atoms with E-state index in [0.717, 1.165) is 16.7 Å². The van der Waals surface area contributed by atoms with E-state index in [2.05, 4.69) is 10.5 Å². The van der Waals surface area contributed by atoms with Crippen LogP contribution in [-0.4, -0.2) is 16.5 Å². The molecule has 0 spiro atoms. The van der Waals surface area contributed by atoms with Crippen molar-refractivity contribution in [2.45, 2.75) is 6.92 Å². The molecule has 0 saturated carbocycles. The van der Waals surface area contributed by atoms with Gasteiger partial charge in [0, 0.05) is 6.07 Å². The number of hydrogen-bond acceptors (Lipinski definition) is 4. The molecule has 0 aliphatic heterocycles. The summed E-state index contributed by atoms with van der Waals surface area (Å²) in [7, 11) is 0. The van der Waals surface area contributed by atoms with Crippen molar-refractivity contribution in [1.82, 2.24) is 5.43 Å². The Morgan fingerprint density at radius 3 is 2.15 bits per heavy atom. The molecule has 6 heteroatoms. The van der Waals surface area contributed by atoms with Crippen molar-refractivity contribution < 1.29 is 9.72 Å². The number of nitrogens with zero attached hydrogens (tertiary/aromatic N) is 2. The molecule has 0 heterocycles. The van der Waals surface area contributed by atoms with Crippen molar-refractivity contribution in [3.63, 3.8) is 0 Å². The second-order valence-electron chi connectivity index (χ2n) is 5.86. The fourth-order valence-electron chi connectivity index (χ4n) is 2.62. The number of hydrazone groups is 1. The number of carbonyl (C=O) groups excluding carboxylic acids is 1. The molecule has 27 heavy (non-hydrogen) atoms. The van der Waals surface area contributed by atoms with Crippen LogP contribution in [0.15, 0.2) is 84.0 Å². The van der Waals surface area contributed by atoms with Crippen LogP contribution in [0.1, 0.15) is 22.8 Å². The number of benzene rings is 3. The van der Waals surface area contributed by atoms with Gasteiger partial charge in [0.25, 0.3) is 11.6 Å². The van der Waals surface area contributed by atoms with E-state index in [1.54, 1.807) is 13.0 Å². The fraction of sp³-hybridized carbons (Fsp3) is 0.0476. The van der Waals surface area contributed by atoms with E-state index in [1.165, 1.54) is 18.2 Å². The quantitative estimate of drug-likeness (QED) is 0.416. The molecule has 0 unspecified atom stereocenters. The molecule has 0 aliphatic rings. The predicted molar refractivity (Wildman–Crippen MR) is 105 cm³/mol. The third-order valence-corrected chi connectivity index (χ3v) is 4.08. The lowest BCUT2D eigenvalue weighted by atomic mass is 10.0. The van der Waals surface area contributed by atoms with Gasteiger partial charge in [0.1, 0.15) is 5.56 Å². The third-order valence-electron chi connectivity index (χ3n) is 4.08. The van der Waals surface area contributed by atoms with Gasteiger partial charge in [-0.15, -0.1) is 0 Å². The molecular formula is C21H17N3O3. The number of hydrogen-bond donors (Lipinski definition) is 1. The zero-order valence-corrected chi connectivity index (χ0v) is 14.6. The normalized spacial score (nSPS) is 11.1. The molecule has 0 fully saturated rings. The van der Waals surface area contributed by atoms with Crippen LogP contribution < -0.4 is 5.43 Å². The summed E-state index contributed by atoms with van der Waals surface area (Å²) in [6.45, 7) is 1.76. The van der Waals surface area contributed by atoms with Gasteiger partial charge < -0.3 is 0 Å². The highest BCUT2D eigenvalue weighted by molar-refractivity contribution is 6.02. The molecule has 0 aliphatic carbocycles. The number of amides is 1. The molecule has 3 aromatic carbocycles. The van der Waals surface area contributed by atoms with Crippen LogP contribution in [0.2, 0.25) is 0 Å². The lowest BCUT2D eigenvalue weighted by molar-refractivity contribution is -0.385. The van der Waals surface area contributed by atoms with Gasteiger partial charge in [0.2, 0.25) is 0 Å². The Balaban J connectivity index is 1.74. The topological polar surface area (TPSA) is 84.6 Å². The Morgan fingerprint density at radius 2 is 1.48 bits per heavy atom. The second kappa shape index (κ2) is 8.05. The largest absolute Gasteiger partial charge is 0.282 e. The summed E-state index contributed by atoms with van der Waals surface area (Å²) in [5.41, 5.74) is 5.74. The van der Waals surface area contributed by atoms with Gasteiger partial charge in [-0.25, -0.2) is 5.43 Å². The molecule has 134 valence electrons. The highest BCUT2D eigenvalue weighted by atomic mass is 16.6. The maximum absolute atomic E-state index is 12.2. The summed E-state index contributed by atoms with van der Waals surface area (Å²) < 4.78 is 0. The Hall–Kier alpha value is -3.80. The van der Waals surface area contributed by atoms with Crippen LogP contribution in [0.5, 0.6) is 0 Å². The van der Waals surface area contributed by atoms with E-state index in [-0.39, 0.29) is 11.3 Å². The van der Waals surface area contributed by atoms with Gasteiger partial charge in [-0.1, -0.05) is 66.7 Å². The third kappa shape index (κ3) is 4.24. The van der Waals surface area contributed by atoms with Crippen LogP contribution in [0.4, 0.5) is 5.69 Å². The maximum atomic E-state index is 12.2. The monoisotopic (exact) mass is 359 g/mol. The Bertz CT molecular complexity index is 997. The Labute approximate surface area is 156 Å². The minimum Gasteiger partial charge on any atom is -0.267 e. The summed E-state index contributed by atoms with van der Waals surface area (Å²) in [6.07, 6.45) is 0. The Kier molecular flexibility index (Phi) is 5.37. The molecule has 1 N–H and O–H groups in total. The maximum Gasteiger partial charge on any atom is 0.282 e. The molecule has 3 rings (SSSR count). The molecule has 3 aromatic rings.